The number of fused-ring (bicyclic) bond motifs is 1. The minimum Gasteiger partial charge on any atom is -0.311 e. The summed E-state index contributed by atoms with van der Waals surface area (Å²) in [4.78, 5) is 17.8. The predicted molar refractivity (Wildman–Crippen MR) is 67.8 cm³/mol. The zero-order valence-corrected chi connectivity index (χ0v) is 9.71. The van der Waals surface area contributed by atoms with Gasteiger partial charge in [0.05, 0.1) is 17.5 Å². The molecule has 0 spiro atoms. The zero-order valence-electron chi connectivity index (χ0n) is 9.71. The number of nitriles is 1. The van der Waals surface area contributed by atoms with E-state index >= 15 is 0 Å². The number of hydrogen-bond acceptors (Lipinski definition) is 3. The van der Waals surface area contributed by atoms with E-state index in [1.807, 2.05) is 30.3 Å². The molecule has 1 aromatic heterocycles. The van der Waals surface area contributed by atoms with E-state index < -0.39 is 0 Å². The maximum atomic E-state index is 11.8. The third-order valence-corrected chi connectivity index (χ3v) is 3.21. The van der Waals surface area contributed by atoms with Crippen LogP contribution in [-0.2, 0) is 4.79 Å². The van der Waals surface area contributed by atoms with Crippen molar-refractivity contribution in [3.05, 3.63) is 36.5 Å². The van der Waals surface area contributed by atoms with Gasteiger partial charge in [-0.25, -0.2) is 0 Å². The summed E-state index contributed by atoms with van der Waals surface area (Å²) in [5.41, 5.74) is 1.75. The van der Waals surface area contributed by atoms with E-state index in [9.17, 15) is 4.79 Å². The summed E-state index contributed by atoms with van der Waals surface area (Å²) in [6, 6.07) is 11.7. The van der Waals surface area contributed by atoms with Crippen LogP contribution in [0, 0.1) is 17.2 Å². The quantitative estimate of drug-likeness (QED) is 0.763. The Balaban J connectivity index is 2.00. The smallest absolute Gasteiger partial charge is 0.228 e. The van der Waals surface area contributed by atoms with Crippen LogP contribution in [0.1, 0.15) is 6.42 Å². The molecule has 88 valence electrons. The molecule has 1 atom stereocenters. The molecule has 2 aromatic rings. The van der Waals surface area contributed by atoms with Crippen LogP contribution in [0.3, 0.4) is 0 Å². The predicted octanol–water partition coefficient (Wildman–Crippen LogP) is 2.11. The van der Waals surface area contributed by atoms with Gasteiger partial charge in [0, 0.05) is 30.2 Å². The van der Waals surface area contributed by atoms with Crippen molar-refractivity contribution in [1.82, 2.24) is 4.98 Å². The van der Waals surface area contributed by atoms with E-state index in [2.05, 4.69) is 11.1 Å². The molecule has 0 aliphatic carbocycles. The summed E-state index contributed by atoms with van der Waals surface area (Å²) in [6.45, 7) is 0.487. The van der Waals surface area contributed by atoms with Gasteiger partial charge in [-0.1, -0.05) is 6.07 Å². The van der Waals surface area contributed by atoms with Crippen molar-refractivity contribution in [3.8, 4) is 6.07 Å². The first-order chi connectivity index (χ1) is 8.78. The van der Waals surface area contributed by atoms with Gasteiger partial charge >= 0.3 is 0 Å². The lowest BCUT2D eigenvalue weighted by atomic mass is 10.1. The normalized spacial score (nSPS) is 19.2. The van der Waals surface area contributed by atoms with Crippen LogP contribution in [0.15, 0.2) is 36.5 Å². The molecule has 1 unspecified atom stereocenters. The van der Waals surface area contributed by atoms with E-state index in [-0.39, 0.29) is 11.8 Å². The maximum Gasteiger partial charge on any atom is 0.228 e. The number of anilines is 1. The van der Waals surface area contributed by atoms with Gasteiger partial charge in [0.25, 0.3) is 0 Å². The van der Waals surface area contributed by atoms with E-state index in [0.29, 0.717) is 13.0 Å². The van der Waals surface area contributed by atoms with Gasteiger partial charge in [0.1, 0.15) is 0 Å². The van der Waals surface area contributed by atoms with Crippen LogP contribution < -0.4 is 4.90 Å². The first-order valence-corrected chi connectivity index (χ1v) is 5.83. The minimum absolute atomic E-state index is 0.0183. The van der Waals surface area contributed by atoms with Crippen LogP contribution >= 0.6 is 0 Å². The van der Waals surface area contributed by atoms with Gasteiger partial charge in [-0.15, -0.1) is 0 Å². The van der Waals surface area contributed by atoms with Crippen molar-refractivity contribution in [2.75, 3.05) is 11.4 Å². The number of carbonyl (C=O) groups excluding carboxylic acids is 1. The van der Waals surface area contributed by atoms with Crippen molar-refractivity contribution >= 4 is 22.5 Å². The standard InChI is InChI=1S/C14H11N3O/c15-8-10-6-14(18)17(9-10)12-3-4-13-11(7-12)2-1-5-16-13/h1-5,7,10H,6,9H2. The van der Waals surface area contributed by atoms with Gasteiger partial charge in [-0.2, -0.15) is 5.26 Å². The lowest BCUT2D eigenvalue weighted by Crippen LogP contribution is -2.24. The average Bonchev–Trinajstić information content (AvgIpc) is 2.79. The highest BCUT2D eigenvalue weighted by molar-refractivity contribution is 5.98. The molecule has 0 N–H and O–H groups in total. The molecule has 0 radical (unpaired) electrons. The van der Waals surface area contributed by atoms with Gasteiger partial charge in [-0.05, 0) is 24.3 Å². The fourth-order valence-corrected chi connectivity index (χ4v) is 2.27. The third-order valence-electron chi connectivity index (χ3n) is 3.21. The molecule has 18 heavy (non-hydrogen) atoms. The number of carbonyl (C=O) groups is 1. The summed E-state index contributed by atoms with van der Waals surface area (Å²) in [7, 11) is 0. The second-order valence-corrected chi connectivity index (χ2v) is 4.41. The highest BCUT2D eigenvalue weighted by Gasteiger charge is 2.30. The molecule has 1 aromatic carbocycles. The van der Waals surface area contributed by atoms with Gasteiger partial charge in [-0.3, -0.25) is 9.78 Å². The Morgan fingerprint density at radius 3 is 3.06 bits per heavy atom. The highest BCUT2D eigenvalue weighted by atomic mass is 16.2. The fraction of sp³-hybridized carbons (Fsp3) is 0.214. The summed E-state index contributed by atoms with van der Waals surface area (Å²) in [5, 5.41) is 9.88. The monoisotopic (exact) mass is 237 g/mol. The molecular formula is C14H11N3O. The van der Waals surface area contributed by atoms with Crippen molar-refractivity contribution < 1.29 is 4.79 Å². The summed E-state index contributed by atoms with van der Waals surface area (Å²) >= 11 is 0. The first-order valence-electron chi connectivity index (χ1n) is 5.83. The first kappa shape index (κ1) is 10.7. The van der Waals surface area contributed by atoms with Crippen molar-refractivity contribution in [1.29, 1.82) is 5.26 Å². The van der Waals surface area contributed by atoms with E-state index in [1.54, 1.807) is 11.1 Å². The minimum atomic E-state index is -0.193. The molecule has 1 saturated heterocycles. The van der Waals surface area contributed by atoms with E-state index in [4.69, 9.17) is 5.26 Å². The lowest BCUT2D eigenvalue weighted by Gasteiger charge is -2.16. The molecule has 3 rings (SSSR count). The number of rotatable bonds is 1. The van der Waals surface area contributed by atoms with E-state index in [1.165, 1.54) is 0 Å². The van der Waals surface area contributed by atoms with Gasteiger partial charge in [0.15, 0.2) is 0 Å². The highest BCUT2D eigenvalue weighted by Crippen LogP contribution is 2.27. The Hall–Kier alpha value is -2.41. The molecular weight excluding hydrogens is 226 g/mol. The van der Waals surface area contributed by atoms with Gasteiger partial charge in [0.2, 0.25) is 5.91 Å². The number of pyridine rings is 1. The number of hydrogen-bond donors (Lipinski definition) is 0. The van der Waals surface area contributed by atoms with Crippen LogP contribution in [0.4, 0.5) is 5.69 Å². The molecule has 4 heteroatoms. The van der Waals surface area contributed by atoms with Crippen LogP contribution in [-0.4, -0.2) is 17.4 Å². The Kier molecular flexibility index (Phi) is 2.45. The maximum absolute atomic E-state index is 11.8. The summed E-state index contributed by atoms with van der Waals surface area (Å²) in [5.74, 6) is -0.174. The second-order valence-electron chi connectivity index (χ2n) is 4.41. The summed E-state index contributed by atoms with van der Waals surface area (Å²) < 4.78 is 0. The Morgan fingerprint density at radius 2 is 2.28 bits per heavy atom. The Morgan fingerprint density at radius 1 is 1.39 bits per heavy atom. The Bertz CT molecular complexity index is 659. The number of amides is 1. The molecule has 1 amide bonds. The molecule has 4 nitrogen and oxygen atoms in total. The van der Waals surface area contributed by atoms with Crippen molar-refractivity contribution in [3.63, 3.8) is 0 Å². The largest absolute Gasteiger partial charge is 0.311 e. The molecule has 1 fully saturated rings. The SMILES string of the molecule is N#CC1CC(=O)N(c2ccc3ncccc3c2)C1. The number of aromatic nitrogens is 1. The molecule has 1 aliphatic rings. The van der Waals surface area contributed by atoms with Gasteiger partial charge < -0.3 is 4.90 Å². The fourth-order valence-electron chi connectivity index (χ4n) is 2.27. The molecule has 0 saturated carbocycles. The zero-order chi connectivity index (χ0) is 12.5. The average molecular weight is 237 g/mol. The summed E-state index contributed by atoms with van der Waals surface area (Å²) in [6.07, 6.45) is 2.07. The molecule has 2 heterocycles. The van der Waals surface area contributed by atoms with Crippen molar-refractivity contribution in [2.45, 2.75) is 6.42 Å². The van der Waals surface area contributed by atoms with Crippen LogP contribution in [0.25, 0.3) is 10.9 Å². The molecule has 0 bridgehead atoms. The second kappa shape index (κ2) is 4.11. The van der Waals surface area contributed by atoms with Crippen LogP contribution in [0.5, 0.6) is 0 Å². The van der Waals surface area contributed by atoms with E-state index in [0.717, 1.165) is 16.6 Å². The number of benzene rings is 1. The molecule has 1 aliphatic heterocycles. The topological polar surface area (TPSA) is 57.0 Å². The van der Waals surface area contributed by atoms with Crippen molar-refractivity contribution in [2.24, 2.45) is 5.92 Å². The lowest BCUT2D eigenvalue weighted by molar-refractivity contribution is -0.117. The number of nitrogens with zero attached hydrogens (tertiary/aromatic N) is 3. The van der Waals surface area contributed by atoms with Crippen LogP contribution in [0.2, 0.25) is 0 Å². The third kappa shape index (κ3) is 1.70. The Labute approximate surface area is 104 Å².